The molecule has 1 aliphatic rings. The highest BCUT2D eigenvalue weighted by Crippen LogP contribution is 2.19. The smallest absolute Gasteiger partial charge is 0.0977 e. The topological polar surface area (TPSA) is 33.4 Å². The van der Waals surface area contributed by atoms with Crippen molar-refractivity contribution in [2.24, 2.45) is 0 Å². The molecule has 52 valence electrons. The third kappa shape index (κ3) is 0.772. The van der Waals surface area contributed by atoms with Gasteiger partial charge in [0.15, 0.2) is 0 Å². The molecule has 0 bridgehead atoms. The summed E-state index contributed by atoms with van der Waals surface area (Å²) in [5, 5.41) is 9.15. The van der Waals surface area contributed by atoms with E-state index in [2.05, 4.69) is 0 Å². The molecule has 0 fully saturated rings. The number of fused-ring (bicyclic) bond motifs is 1. The summed E-state index contributed by atoms with van der Waals surface area (Å²) in [6.45, 7) is 0. The summed E-state index contributed by atoms with van der Waals surface area (Å²) in [4.78, 5) is 0. The lowest BCUT2D eigenvalue weighted by Gasteiger charge is -2.08. The second kappa shape index (κ2) is 1.99. The second-order valence-corrected chi connectivity index (χ2v) is 2.48. The molecule has 2 rings (SSSR count). The Balaban J connectivity index is 2.43. The van der Waals surface area contributed by atoms with Crippen molar-refractivity contribution >= 4 is 6.08 Å². The summed E-state index contributed by atoms with van der Waals surface area (Å²) in [5.74, 6) is 0. The Bertz CT molecular complexity index is 260. The molecule has 0 saturated carbocycles. The first kappa shape index (κ1) is 5.74. The number of hydrogen-bond acceptors (Lipinski definition) is 2. The van der Waals surface area contributed by atoms with Crippen LogP contribution in [0.15, 0.2) is 23.0 Å². The van der Waals surface area contributed by atoms with Crippen molar-refractivity contribution in [1.29, 1.82) is 0 Å². The van der Waals surface area contributed by atoms with Gasteiger partial charge in [-0.05, 0) is 0 Å². The maximum atomic E-state index is 9.15. The highest BCUT2D eigenvalue weighted by Gasteiger charge is 2.11. The summed E-state index contributed by atoms with van der Waals surface area (Å²) in [6.07, 6.45) is 7.39. The van der Waals surface area contributed by atoms with Crippen LogP contribution in [-0.2, 0) is 6.42 Å². The van der Waals surface area contributed by atoms with Gasteiger partial charge in [-0.2, -0.15) is 0 Å². The van der Waals surface area contributed by atoms with Gasteiger partial charge in [-0.15, -0.1) is 0 Å². The van der Waals surface area contributed by atoms with Gasteiger partial charge in [0.2, 0.25) is 0 Å². The number of aliphatic hydroxyl groups is 1. The minimum atomic E-state index is -0.329. The quantitative estimate of drug-likeness (QED) is 0.581. The monoisotopic (exact) mass is 136 g/mol. The Morgan fingerprint density at radius 1 is 1.50 bits per heavy atom. The van der Waals surface area contributed by atoms with Crippen LogP contribution in [0.2, 0.25) is 0 Å². The van der Waals surface area contributed by atoms with Crippen molar-refractivity contribution in [1.82, 2.24) is 0 Å². The lowest BCUT2D eigenvalue weighted by atomic mass is 10.0. The third-order valence-electron chi connectivity index (χ3n) is 1.70. The van der Waals surface area contributed by atoms with Crippen LogP contribution in [0, 0.1) is 0 Å². The molecular weight excluding hydrogens is 128 g/mol. The van der Waals surface area contributed by atoms with Crippen LogP contribution in [-0.4, -0.2) is 11.2 Å². The number of furan rings is 1. The highest BCUT2D eigenvalue weighted by molar-refractivity contribution is 5.55. The predicted octanol–water partition coefficient (Wildman–Crippen LogP) is 1.21. The molecule has 1 aromatic rings. The fourth-order valence-electron chi connectivity index (χ4n) is 1.15. The Morgan fingerprint density at radius 2 is 2.40 bits per heavy atom. The SMILES string of the molecule is OC1C=Cc2cocc2C1. The molecule has 1 atom stereocenters. The molecule has 1 heterocycles. The van der Waals surface area contributed by atoms with E-state index in [9.17, 15) is 0 Å². The normalized spacial score (nSPS) is 22.7. The zero-order valence-corrected chi connectivity index (χ0v) is 5.45. The molecule has 2 nitrogen and oxygen atoms in total. The molecule has 1 unspecified atom stereocenters. The molecule has 1 N–H and O–H groups in total. The molecule has 0 aliphatic heterocycles. The van der Waals surface area contributed by atoms with Gasteiger partial charge in [-0.1, -0.05) is 12.2 Å². The van der Waals surface area contributed by atoms with Gasteiger partial charge in [0.05, 0.1) is 18.6 Å². The van der Waals surface area contributed by atoms with Gasteiger partial charge in [0, 0.05) is 17.5 Å². The zero-order valence-electron chi connectivity index (χ0n) is 5.45. The van der Waals surface area contributed by atoms with Crippen LogP contribution in [0.1, 0.15) is 11.1 Å². The Kier molecular flexibility index (Phi) is 1.14. The molecule has 1 aromatic heterocycles. The van der Waals surface area contributed by atoms with Crippen LogP contribution in [0.5, 0.6) is 0 Å². The van der Waals surface area contributed by atoms with E-state index >= 15 is 0 Å². The minimum absolute atomic E-state index is 0.329. The fraction of sp³-hybridized carbons (Fsp3) is 0.250. The van der Waals surface area contributed by atoms with Crippen LogP contribution >= 0.6 is 0 Å². The van der Waals surface area contributed by atoms with Gasteiger partial charge in [0.25, 0.3) is 0 Å². The standard InChI is InChI=1S/C8H8O2/c9-8-2-1-6-4-10-5-7(6)3-8/h1-2,4-5,8-9H,3H2. The summed E-state index contributed by atoms with van der Waals surface area (Å²) in [5.41, 5.74) is 2.18. The molecule has 0 radical (unpaired) electrons. The Hall–Kier alpha value is -1.02. The Labute approximate surface area is 58.8 Å². The average molecular weight is 136 g/mol. The highest BCUT2D eigenvalue weighted by atomic mass is 16.3. The van der Waals surface area contributed by atoms with Crippen molar-refractivity contribution in [3.63, 3.8) is 0 Å². The number of rotatable bonds is 0. The van der Waals surface area contributed by atoms with E-state index in [4.69, 9.17) is 9.52 Å². The molecule has 0 amide bonds. The van der Waals surface area contributed by atoms with Crippen molar-refractivity contribution in [3.8, 4) is 0 Å². The maximum Gasteiger partial charge on any atom is 0.0977 e. The molecule has 1 aliphatic carbocycles. The van der Waals surface area contributed by atoms with E-state index < -0.39 is 0 Å². The molecular formula is C8H8O2. The van der Waals surface area contributed by atoms with Gasteiger partial charge in [0.1, 0.15) is 0 Å². The first-order valence-electron chi connectivity index (χ1n) is 3.27. The van der Waals surface area contributed by atoms with E-state index in [0.717, 1.165) is 11.1 Å². The number of hydrogen-bond donors (Lipinski definition) is 1. The van der Waals surface area contributed by atoms with Gasteiger partial charge < -0.3 is 9.52 Å². The van der Waals surface area contributed by atoms with E-state index in [1.54, 1.807) is 18.6 Å². The van der Waals surface area contributed by atoms with Crippen LogP contribution in [0.25, 0.3) is 6.08 Å². The van der Waals surface area contributed by atoms with Gasteiger partial charge >= 0.3 is 0 Å². The van der Waals surface area contributed by atoms with Gasteiger partial charge in [-0.25, -0.2) is 0 Å². The molecule has 0 aromatic carbocycles. The summed E-state index contributed by atoms with van der Waals surface area (Å²) >= 11 is 0. The predicted molar refractivity (Wildman–Crippen MR) is 37.5 cm³/mol. The van der Waals surface area contributed by atoms with Crippen LogP contribution < -0.4 is 0 Å². The van der Waals surface area contributed by atoms with Gasteiger partial charge in [-0.3, -0.25) is 0 Å². The number of aliphatic hydroxyl groups excluding tert-OH is 1. The fourth-order valence-corrected chi connectivity index (χ4v) is 1.15. The van der Waals surface area contributed by atoms with Crippen molar-refractivity contribution < 1.29 is 9.52 Å². The molecule has 10 heavy (non-hydrogen) atoms. The van der Waals surface area contributed by atoms with E-state index in [1.165, 1.54) is 0 Å². The second-order valence-electron chi connectivity index (χ2n) is 2.48. The van der Waals surface area contributed by atoms with Crippen LogP contribution in [0.3, 0.4) is 0 Å². The minimum Gasteiger partial charge on any atom is -0.472 e. The average Bonchev–Trinajstić information content (AvgIpc) is 2.33. The molecule has 0 spiro atoms. The lowest BCUT2D eigenvalue weighted by molar-refractivity contribution is 0.223. The zero-order chi connectivity index (χ0) is 6.97. The molecule has 0 saturated heterocycles. The largest absolute Gasteiger partial charge is 0.472 e. The van der Waals surface area contributed by atoms with Crippen LogP contribution in [0.4, 0.5) is 0 Å². The third-order valence-corrected chi connectivity index (χ3v) is 1.70. The van der Waals surface area contributed by atoms with Crippen molar-refractivity contribution in [3.05, 3.63) is 29.7 Å². The summed E-state index contributed by atoms with van der Waals surface area (Å²) in [7, 11) is 0. The van der Waals surface area contributed by atoms with E-state index in [-0.39, 0.29) is 6.10 Å². The van der Waals surface area contributed by atoms with Crippen molar-refractivity contribution in [2.75, 3.05) is 0 Å². The summed E-state index contributed by atoms with van der Waals surface area (Å²) in [6, 6.07) is 0. The van der Waals surface area contributed by atoms with Crippen molar-refractivity contribution in [2.45, 2.75) is 12.5 Å². The Morgan fingerprint density at radius 3 is 3.30 bits per heavy atom. The lowest BCUT2D eigenvalue weighted by Crippen LogP contribution is -2.09. The van der Waals surface area contributed by atoms with E-state index in [1.807, 2.05) is 6.08 Å². The summed E-state index contributed by atoms with van der Waals surface area (Å²) < 4.78 is 4.95. The first-order chi connectivity index (χ1) is 4.86. The molecule has 2 heteroatoms. The first-order valence-corrected chi connectivity index (χ1v) is 3.27. The van der Waals surface area contributed by atoms with E-state index in [0.29, 0.717) is 6.42 Å². The maximum absolute atomic E-state index is 9.15.